The molecular weight excluding hydrogens is 640 g/mol. The predicted octanol–water partition coefficient (Wildman–Crippen LogP) is 5.88. The Balaban J connectivity index is 1.85. The second kappa shape index (κ2) is 19.2. The normalized spacial score (nSPS) is 20.5. The second-order valence-electron chi connectivity index (χ2n) is 14.5. The van der Waals surface area contributed by atoms with E-state index in [0.29, 0.717) is 29.5 Å². The molecule has 11 heteroatoms. The molecule has 1 saturated heterocycles. The van der Waals surface area contributed by atoms with Crippen molar-refractivity contribution in [2.45, 2.75) is 141 Å². The van der Waals surface area contributed by atoms with Crippen molar-refractivity contribution in [1.82, 2.24) is 10.2 Å². The number of nitrogens with one attached hydrogen (secondary N) is 1. The minimum atomic E-state index is -0.864. The number of benzene rings is 1. The first-order chi connectivity index (χ1) is 23.7. The Hall–Kier alpha value is -3.54. The van der Waals surface area contributed by atoms with Gasteiger partial charge in [-0.3, -0.25) is 14.4 Å². The van der Waals surface area contributed by atoms with Gasteiger partial charge in [0.25, 0.3) is 0 Å². The zero-order valence-corrected chi connectivity index (χ0v) is 31.0. The Morgan fingerprint density at radius 3 is 2.34 bits per heavy atom. The van der Waals surface area contributed by atoms with E-state index in [1.807, 2.05) is 0 Å². The highest BCUT2D eigenvalue weighted by atomic mass is 16.8. The predicted molar refractivity (Wildman–Crippen MR) is 191 cm³/mol. The SMILES string of the molecule is CCCCCC1(CCCCC)OC2C=C(C(=O)NC(CO)CCC(=O)OC(C)(C)C)CC(OC(=O)c3cccc(C=CC(=O)N(C)C)c3)C2O1. The van der Waals surface area contributed by atoms with Crippen molar-refractivity contribution in [3.8, 4) is 0 Å². The van der Waals surface area contributed by atoms with Gasteiger partial charge < -0.3 is 34.3 Å². The largest absolute Gasteiger partial charge is 0.460 e. The van der Waals surface area contributed by atoms with Crippen LogP contribution in [-0.4, -0.2) is 90.2 Å². The molecule has 0 radical (unpaired) electrons. The van der Waals surface area contributed by atoms with Crippen LogP contribution in [0.25, 0.3) is 6.08 Å². The molecule has 3 rings (SSSR count). The average Bonchev–Trinajstić information content (AvgIpc) is 3.43. The number of carbonyl (C=O) groups excluding carboxylic acids is 4. The summed E-state index contributed by atoms with van der Waals surface area (Å²) in [4.78, 5) is 53.1. The quantitative estimate of drug-likeness (QED) is 0.109. The van der Waals surface area contributed by atoms with E-state index < -0.39 is 53.6 Å². The summed E-state index contributed by atoms with van der Waals surface area (Å²) in [5.74, 6) is -2.49. The lowest BCUT2D eigenvalue weighted by molar-refractivity contribution is -0.190. The van der Waals surface area contributed by atoms with Crippen molar-refractivity contribution in [3.63, 3.8) is 0 Å². The molecule has 1 aromatic rings. The van der Waals surface area contributed by atoms with E-state index in [-0.39, 0.29) is 31.8 Å². The fourth-order valence-electron chi connectivity index (χ4n) is 6.06. The highest BCUT2D eigenvalue weighted by molar-refractivity contribution is 5.95. The first-order valence-electron chi connectivity index (χ1n) is 18.1. The van der Waals surface area contributed by atoms with E-state index in [4.69, 9.17) is 18.9 Å². The number of ether oxygens (including phenoxy) is 4. The topological polar surface area (TPSA) is 141 Å². The Morgan fingerprint density at radius 2 is 1.74 bits per heavy atom. The van der Waals surface area contributed by atoms with Gasteiger partial charge in [0.1, 0.15) is 23.9 Å². The summed E-state index contributed by atoms with van der Waals surface area (Å²) in [5, 5.41) is 12.9. The van der Waals surface area contributed by atoms with Gasteiger partial charge in [0.2, 0.25) is 11.8 Å². The molecule has 50 heavy (non-hydrogen) atoms. The number of nitrogens with zero attached hydrogens (tertiary/aromatic N) is 1. The van der Waals surface area contributed by atoms with Crippen molar-refractivity contribution in [2.75, 3.05) is 20.7 Å². The van der Waals surface area contributed by atoms with Crippen molar-refractivity contribution < 1.29 is 43.2 Å². The molecular formula is C39H58N2O9. The fourth-order valence-corrected chi connectivity index (χ4v) is 6.06. The number of fused-ring (bicyclic) bond motifs is 1. The van der Waals surface area contributed by atoms with Crippen LogP contribution in [0.3, 0.4) is 0 Å². The highest BCUT2D eigenvalue weighted by Crippen LogP contribution is 2.43. The summed E-state index contributed by atoms with van der Waals surface area (Å²) < 4.78 is 24.9. The molecule has 1 heterocycles. The van der Waals surface area contributed by atoms with Crippen LogP contribution in [0, 0.1) is 0 Å². The number of esters is 2. The van der Waals surface area contributed by atoms with Crippen LogP contribution in [0.15, 0.2) is 42.0 Å². The fraction of sp³-hybridized carbons (Fsp3) is 0.641. The number of carbonyl (C=O) groups is 4. The Kier molecular flexibility index (Phi) is 15.7. The van der Waals surface area contributed by atoms with Gasteiger partial charge in [-0.15, -0.1) is 0 Å². The second-order valence-corrected chi connectivity index (χ2v) is 14.5. The maximum atomic E-state index is 13.7. The lowest BCUT2D eigenvalue weighted by atomic mass is 9.91. The molecule has 1 aliphatic heterocycles. The smallest absolute Gasteiger partial charge is 0.338 e. The van der Waals surface area contributed by atoms with E-state index >= 15 is 0 Å². The van der Waals surface area contributed by atoms with Gasteiger partial charge in [-0.1, -0.05) is 51.7 Å². The first-order valence-corrected chi connectivity index (χ1v) is 18.1. The van der Waals surface area contributed by atoms with Crippen LogP contribution in [-0.2, 0) is 33.3 Å². The monoisotopic (exact) mass is 698 g/mol. The lowest BCUT2D eigenvalue weighted by Gasteiger charge is -2.31. The average molecular weight is 699 g/mol. The van der Waals surface area contributed by atoms with Crippen molar-refractivity contribution in [1.29, 1.82) is 0 Å². The third-order valence-electron chi connectivity index (χ3n) is 8.71. The van der Waals surface area contributed by atoms with Gasteiger partial charge in [-0.25, -0.2) is 4.79 Å². The molecule has 1 fully saturated rings. The maximum Gasteiger partial charge on any atom is 0.338 e. The molecule has 278 valence electrons. The lowest BCUT2D eigenvalue weighted by Crippen LogP contribution is -2.45. The standard InChI is InChI=1S/C39H58N2O9/c1-8-10-12-21-39(22-13-11-9-2)48-32-25-29(36(45)40-30(26-42)18-20-34(44)49-38(3,4)5)24-31(35(32)50-39)47-37(46)28-16-14-15-27(23-28)17-19-33(43)41(6)7/h14-17,19,23,25,30-32,35,42H,8-13,18,20-22,24,26H2,1-7H3,(H,40,45). The summed E-state index contributed by atoms with van der Waals surface area (Å²) in [5.41, 5.74) is 0.656. The number of aliphatic hydroxyl groups excluding tert-OH is 1. The molecule has 1 aliphatic carbocycles. The zero-order chi connectivity index (χ0) is 36.9. The third-order valence-corrected chi connectivity index (χ3v) is 8.71. The number of amides is 2. The molecule has 4 atom stereocenters. The molecule has 0 spiro atoms. The minimum absolute atomic E-state index is 0.0271. The summed E-state index contributed by atoms with van der Waals surface area (Å²) in [6.07, 6.45) is 10.3. The Morgan fingerprint density at radius 1 is 1.06 bits per heavy atom. The number of rotatable bonds is 18. The summed E-state index contributed by atoms with van der Waals surface area (Å²) in [6, 6.07) is 6.10. The van der Waals surface area contributed by atoms with Gasteiger partial charge in [-0.2, -0.15) is 0 Å². The summed E-state index contributed by atoms with van der Waals surface area (Å²) in [6.45, 7) is 9.25. The molecule has 2 N–H and O–H groups in total. The molecule has 0 aromatic heterocycles. The van der Waals surface area contributed by atoms with Crippen molar-refractivity contribution in [2.24, 2.45) is 0 Å². The number of unbranched alkanes of at least 4 members (excludes halogenated alkanes) is 4. The zero-order valence-electron chi connectivity index (χ0n) is 31.0. The first kappa shape index (κ1) is 40.9. The Labute approximate surface area is 297 Å². The highest BCUT2D eigenvalue weighted by Gasteiger charge is 2.52. The molecule has 2 amide bonds. The number of aliphatic hydroxyl groups is 1. The van der Waals surface area contributed by atoms with E-state index in [9.17, 15) is 24.3 Å². The van der Waals surface area contributed by atoms with Crippen LogP contribution in [0.1, 0.15) is 121 Å². The Bertz CT molecular complexity index is 1350. The van der Waals surface area contributed by atoms with Gasteiger partial charge in [0.15, 0.2) is 5.79 Å². The van der Waals surface area contributed by atoms with Crippen LogP contribution in [0.5, 0.6) is 0 Å². The van der Waals surface area contributed by atoms with Gasteiger partial charge in [0, 0.05) is 51.4 Å². The maximum absolute atomic E-state index is 13.7. The van der Waals surface area contributed by atoms with Gasteiger partial charge in [-0.05, 0) is 69.9 Å². The molecule has 0 saturated carbocycles. The van der Waals surface area contributed by atoms with Crippen LogP contribution < -0.4 is 5.32 Å². The summed E-state index contributed by atoms with van der Waals surface area (Å²) in [7, 11) is 3.32. The molecule has 4 unspecified atom stereocenters. The van der Waals surface area contributed by atoms with Crippen molar-refractivity contribution in [3.05, 3.63) is 53.1 Å². The molecule has 11 nitrogen and oxygen atoms in total. The van der Waals surface area contributed by atoms with E-state index in [1.165, 1.54) is 11.0 Å². The molecule has 0 bridgehead atoms. The van der Waals surface area contributed by atoms with E-state index in [0.717, 1.165) is 38.5 Å². The van der Waals surface area contributed by atoms with Crippen LogP contribution in [0.2, 0.25) is 0 Å². The summed E-state index contributed by atoms with van der Waals surface area (Å²) >= 11 is 0. The van der Waals surface area contributed by atoms with Gasteiger partial charge in [0.05, 0.1) is 18.2 Å². The molecule has 2 aliphatic rings. The van der Waals surface area contributed by atoms with E-state index in [2.05, 4.69) is 19.2 Å². The van der Waals surface area contributed by atoms with Gasteiger partial charge >= 0.3 is 11.9 Å². The van der Waals surface area contributed by atoms with E-state index in [1.54, 1.807) is 71.3 Å². The van der Waals surface area contributed by atoms with Crippen molar-refractivity contribution >= 4 is 29.8 Å². The third kappa shape index (κ3) is 12.7. The number of hydrogen-bond acceptors (Lipinski definition) is 9. The number of hydrogen-bond donors (Lipinski definition) is 2. The molecule has 1 aromatic carbocycles. The van der Waals surface area contributed by atoms with Crippen LogP contribution >= 0.6 is 0 Å². The number of likely N-dealkylation sites (N-methyl/N-ethyl adjacent to an activating group) is 1. The minimum Gasteiger partial charge on any atom is -0.460 e. The van der Waals surface area contributed by atoms with Crippen LogP contribution in [0.4, 0.5) is 0 Å².